The third-order valence-corrected chi connectivity index (χ3v) is 4.26. The van der Waals surface area contributed by atoms with Crippen LogP contribution < -0.4 is 0 Å². The van der Waals surface area contributed by atoms with Crippen molar-refractivity contribution in [3.05, 3.63) is 40.9 Å². The third-order valence-electron chi connectivity index (χ3n) is 3.37. The molecule has 3 nitrogen and oxygen atoms in total. The van der Waals surface area contributed by atoms with Gasteiger partial charge < -0.3 is 9.84 Å². The summed E-state index contributed by atoms with van der Waals surface area (Å²) in [6.07, 6.45) is 0. The van der Waals surface area contributed by atoms with Gasteiger partial charge in [-0.1, -0.05) is 23.8 Å². The number of ether oxygens (including phenoxy) is 1. The second kappa shape index (κ2) is 4.46. The average Bonchev–Trinajstić information content (AvgIpc) is 2.78. The molecule has 2 heterocycles. The number of benzene rings is 1. The molecule has 18 heavy (non-hydrogen) atoms. The first-order valence-corrected chi connectivity index (χ1v) is 6.83. The van der Waals surface area contributed by atoms with E-state index in [1.165, 1.54) is 5.56 Å². The van der Waals surface area contributed by atoms with E-state index in [2.05, 4.69) is 30.1 Å². The van der Waals surface area contributed by atoms with Gasteiger partial charge in [-0.25, -0.2) is 4.98 Å². The van der Waals surface area contributed by atoms with E-state index < -0.39 is 0 Å². The molecule has 0 spiro atoms. The Morgan fingerprint density at radius 1 is 1.44 bits per heavy atom. The molecule has 1 aliphatic rings. The van der Waals surface area contributed by atoms with Gasteiger partial charge in [0, 0.05) is 10.9 Å². The van der Waals surface area contributed by atoms with Crippen LogP contribution in [0.3, 0.4) is 0 Å². The Balaban J connectivity index is 1.94. The number of aliphatic hydroxyl groups is 1. The van der Waals surface area contributed by atoms with Gasteiger partial charge in [-0.05, 0) is 13.0 Å². The van der Waals surface area contributed by atoms with E-state index in [0.29, 0.717) is 13.2 Å². The summed E-state index contributed by atoms with van der Waals surface area (Å²) < 4.78 is 5.22. The molecule has 0 amide bonds. The fourth-order valence-electron chi connectivity index (χ4n) is 2.10. The van der Waals surface area contributed by atoms with Crippen molar-refractivity contribution in [3.63, 3.8) is 0 Å². The molecular formula is C14H15NO2S. The normalized spacial score (nSPS) is 17.4. The van der Waals surface area contributed by atoms with Crippen LogP contribution in [-0.4, -0.2) is 29.9 Å². The minimum absolute atomic E-state index is 0.101. The zero-order valence-electron chi connectivity index (χ0n) is 10.2. The number of hydrogen-bond acceptors (Lipinski definition) is 4. The molecular weight excluding hydrogens is 246 g/mol. The molecule has 1 aliphatic heterocycles. The van der Waals surface area contributed by atoms with Crippen molar-refractivity contribution in [2.24, 2.45) is 0 Å². The largest absolute Gasteiger partial charge is 0.395 e. The molecule has 2 aromatic rings. The number of nitrogens with zero attached hydrogens (tertiary/aromatic N) is 1. The lowest BCUT2D eigenvalue weighted by atomic mass is 9.84. The number of thiazole rings is 1. The van der Waals surface area contributed by atoms with Crippen LogP contribution in [0.4, 0.5) is 0 Å². The van der Waals surface area contributed by atoms with Crippen LogP contribution in [0.15, 0.2) is 29.6 Å². The third kappa shape index (κ3) is 1.86. The maximum absolute atomic E-state index is 9.50. The van der Waals surface area contributed by atoms with Crippen LogP contribution in [0, 0.1) is 6.92 Å². The smallest absolute Gasteiger partial charge is 0.123 e. The van der Waals surface area contributed by atoms with E-state index in [4.69, 9.17) is 4.74 Å². The number of aromatic nitrogens is 1. The topological polar surface area (TPSA) is 42.4 Å². The summed E-state index contributed by atoms with van der Waals surface area (Å²) in [6.45, 7) is 3.32. The SMILES string of the molecule is Cc1cccc(-c2nc(C3(CO)COC3)cs2)c1. The highest BCUT2D eigenvalue weighted by Gasteiger charge is 2.42. The zero-order valence-corrected chi connectivity index (χ0v) is 11.0. The summed E-state index contributed by atoms with van der Waals surface area (Å²) in [5.74, 6) is 0. The molecule has 1 aromatic heterocycles. The van der Waals surface area contributed by atoms with E-state index in [0.717, 1.165) is 16.3 Å². The van der Waals surface area contributed by atoms with E-state index in [1.807, 2.05) is 11.4 Å². The minimum Gasteiger partial charge on any atom is -0.395 e. The summed E-state index contributed by atoms with van der Waals surface area (Å²) in [5, 5.41) is 12.5. The van der Waals surface area contributed by atoms with Crippen molar-refractivity contribution < 1.29 is 9.84 Å². The molecule has 0 radical (unpaired) electrons. The maximum atomic E-state index is 9.50. The molecule has 4 heteroatoms. The van der Waals surface area contributed by atoms with Gasteiger partial charge in [0.05, 0.1) is 30.9 Å². The fraction of sp³-hybridized carbons (Fsp3) is 0.357. The fourth-order valence-corrected chi connectivity index (χ4v) is 3.04. The molecule has 0 atom stereocenters. The van der Waals surface area contributed by atoms with Crippen LogP contribution in [0.1, 0.15) is 11.3 Å². The predicted octanol–water partition coefficient (Wildman–Crippen LogP) is 2.38. The van der Waals surface area contributed by atoms with E-state index in [-0.39, 0.29) is 12.0 Å². The van der Waals surface area contributed by atoms with Gasteiger partial charge in [0.25, 0.3) is 0 Å². The number of rotatable bonds is 3. The van der Waals surface area contributed by atoms with Gasteiger partial charge >= 0.3 is 0 Å². The summed E-state index contributed by atoms with van der Waals surface area (Å²) in [4.78, 5) is 4.67. The summed E-state index contributed by atoms with van der Waals surface area (Å²) in [7, 11) is 0. The summed E-state index contributed by atoms with van der Waals surface area (Å²) in [6, 6.07) is 8.32. The van der Waals surface area contributed by atoms with Crippen LogP contribution in [-0.2, 0) is 10.2 Å². The average molecular weight is 261 g/mol. The molecule has 3 rings (SSSR count). The first-order valence-electron chi connectivity index (χ1n) is 5.95. The number of hydrogen-bond donors (Lipinski definition) is 1. The van der Waals surface area contributed by atoms with Gasteiger partial charge in [-0.2, -0.15) is 0 Å². The van der Waals surface area contributed by atoms with E-state index >= 15 is 0 Å². The van der Waals surface area contributed by atoms with Crippen molar-refractivity contribution in [3.8, 4) is 10.6 Å². The van der Waals surface area contributed by atoms with Gasteiger partial charge in [-0.15, -0.1) is 11.3 Å². The Kier molecular flexibility index (Phi) is 2.93. The second-order valence-electron chi connectivity index (χ2n) is 4.84. The molecule has 1 N–H and O–H groups in total. The van der Waals surface area contributed by atoms with Crippen molar-refractivity contribution >= 4 is 11.3 Å². The van der Waals surface area contributed by atoms with Crippen LogP contribution >= 0.6 is 11.3 Å². The lowest BCUT2D eigenvalue weighted by Gasteiger charge is -2.38. The molecule has 1 aromatic carbocycles. The molecule has 0 aliphatic carbocycles. The Labute approximate surface area is 110 Å². The maximum Gasteiger partial charge on any atom is 0.123 e. The highest BCUT2D eigenvalue weighted by Crippen LogP contribution is 2.35. The summed E-state index contributed by atoms with van der Waals surface area (Å²) in [5.41, 5.74) is 3.06. The molecule has 1 saturated heterocycles. The highest BCUT2D eigenvalue weighted by atomic mass is 32.1. The van der Waals surface area contributed by atoms with Crippen LogP contribution in [0.5, 0.6) is 0 Å². The Morgan fingerprint density at radius 3 is 2.89 bits per heavy atom. The van der Waals surface area contributed by atoms with Gasteiger partial charge in [0.15, 0.2) is 0 Å². The first kappa shape index (κ1) is 11.8. The Hall–Kier alpha value is -1.23. The molecule has 0 unspecified atom stereocenters. The Morgan fingerprint density at radius 2 is 2.28 bits per heavy atom. The molecule has 0 saturated carbocycles. The number of aryl methyl sites for hydroxylation is 1. The second-order valence-corrected chi connectivity index (χ2v) is 5.70. The highest BCUT2D eigenvalue weighted by molar-refractivity contribution is 7.13. The standard InChI is InChI=1S/C14H15NO2S/c1-10-3-2-4-11(5-10)13-15-12(6-18-13)14(7-16)8-17-9-14/h2-6,16H,7-9H2,1H3. The number of aliphatic hydroxyl groups excluding tert-OH is 1. The van der Waals surface area contributed by atoms with Crippen LogP contribution in [0.2, 0.25) is 0 Å². The molecule has 1 fully saturated rings. The van der Waals surface area contributed by atoms with E-state index in [9.17, 15) is 5.11 Å². The molecule has 94 valence electrons. The van der Waals surface area contributed by atoms with Gasteiger partial charge in [0.2, 0.25) is 0 Å². The minimum atomic E-state index is -0.265. The monoisotopic (exact) mass is 261 g/mol. The lowest BCUT2D eigenvalue weighted by Crippen LogP contribution is -2.49. The van der Waals surface area contributed by atoms with Gasteiger partial charge in [-0.3, -0.25) is 0 Å². The van der Waals surface area contributed by atoms with Crippen molar-refractivity contribution in [2.45, 2.75) is 12.3 Å². The van der Waals surface area contributed by atoms with Crippen LogP contribution in [0.25, 0.3) is 10.6 Å². The quantitative estimate of drug-likeness (QED) is 0.922. The first-order chi connectivity index (χ1) is 8.73. The van der Waals surface area contributed by atoms with Crippen molar-refractivity contribution in [2.75, 3.05) is 19.8 Å². The molecule has 0 bridgehead atoms. The predicted molar refractivity (Wildman–Crippen MR) is 71.9 cm³/mol. The lowest BCUT2D eigenvalue weighted by molar-refractivity contribution is -0.0859. The van der Waals surface area contributed by atoms with Crippen molar-refractivity contribution in [1.82, 2.24) is 4.98 Å². The summed E-state index contributed by atoms with van der Waals surface area (Å²) >= 11 is 1.63. The van der Waals surface area contributed by atoms with Crippen molar-refractivity contribution in [1.29, 1.82) is 0 Å². The Bertz CT molecular complexity index is 555. The van der Waals surface area contributed by atoms with E-state index in [1.54, 1.807) is 11.3 Å². The zero-order chi connectivity index (χ0) is 12.6. The van der Waals surface area contributed by atoms with Gasteiger partial charge in [0.1, 0.15) is 5.01 Å².